The maximum atomic E-state index is 13.5. The second-order valence-electron chi connectivity index (χ2n) is 3.88. The Bertz CT molecular complexity index is 529. The molecule has 0 saturated carbocycles. The molecule has 1 fully saturated rings. The molecule has 2 amide bonds. The van der Waals surface area contributed by atoms with Gasteiger partial charge in [0.15, 0.2) is 0 Å². The van der Waals surface area contributed by atoms with Crippen LogP contribution in [0.4, 0.5) is 14.9 Å². The molecule has 0 spiro atoms. The lowest BCUT2D eigenvalue weighted by molar-refractivity contribution is -0.140. The molecule has 8 heteroatoms. The van der Waals surface area contributed by atoms with Crippen LogP contribution in [0.2, 0.25) is 5.02 Å². The monoisotopic (exact) mass is 304 g/mol. The molecule has 1 aliphatic heterocycles. The van der Waals surface area contributed by atoms with Crippen molar-refractivity contribution >= 4 is 41.1 Å². The number of urea groups is 1. The molecule has 1 heterocycles. The number of halogens is 2. The van der Waals surface area contributed by atoms with Crippen molar-refractivity contribution in [1.29, 1.82) is 0 Å². The van der Waals surface area contributed by atoms with Crippen molar-refractivity contribution in [2.45, 2.75) is 6.04 Å². The van der Waals surface area contributed by atoms with Gasteiger partial charge in [-0.25, -0.2) is 14.0 Å². The molecule has 2 rings (SSSR count). The van der Waals surface area contributed by atoms with Crippen LogP contribution < -0.4 is 5.32 Å². The first-order chi connectivity index (χ1) is 8.99. The Hall–Kier alpha value is -1.47. The number of aliphatic carboxylic acids is 1. The minimum absolute atomic E-state index is 0.0708. The number of nitrogens with zero attached hydrogens (tertiary/aromatic N) is 1. The van der Waals surface area contributed by atoms with Gasteiger partial charge in [0.1, 0.15) is 11.9 Å². The SMILES string of the molecule is O=C(O)[C@@H]1CSCN1C(=O)Nc1cc(Cl)ccc1F. The Morgan fingerprint density at radius 2 is 2.26 bits per heavy atom. The van der Waals surface area contributed by atoms with E-state index in [9.17, 15) is 14.0 Å². The third-order valence-corrected chi connectivity index (χ3v) is 3.85. The molecule has 19 heavy (non-hydrogen) atoms. The van der Waals surface area contributed by atoms with Gasteiger partial charge >= 0.3 is 12.0 Å². The number of carboxylic acids is 1. The van der Waals surface area contributed by atoms with Gasteiger partial charge in [0.05, 0.1) is 11.6 Å². The Kier molecular flexibility index (Phi) is 4.16. The van der Waals surface area contributed by atoms with Gasteiger partial charge in [-0.1, -0.05) is 11.6 Å². The standard InChI is InChI=1S/C11H10ClFN2O3S/c12-6-1-2-7(13)8(3-6)14-11(18)15-5-19-4-9(15)10(16)17/h1-3,9H,4-5H2,(H,14,18)(H,16,17)/t9-/m0/s1. The average molecular weight is 305 g/mol. The summed E-state index contributed by atoms with van der Waals surface area (Å²) in [6, 6.07) is 2.21. The van der Waals surface area contributed by atoms with E-state index in [1.54, 1.807) is 0 Å². The minimum atomic E-state index is -1.08. The predicted octanol–water partition coefficient (Wildman–Crippen LogP) is 2.47. The summed E-state index contributed by atoms with van der Waals surface area (Å²) in [6.07, 6.45) is 0. The number of anilines is 1. The van der Waals surface area contributed by atoms with Crippen LogP contribution in [0.25, 0.3) is 0 Å². The van der Waals surface area contributed by atoms with Gasteiger partial charge in [0, 0.05) is 10.8 Å². The van der Waals surface area contributed by atoms with Crippen LogP contribution in [0.3, 0.4) is 0 Å². The summed E-state index contributed by atoms with van der Waals surface area (Å²) >= 11 is 7.04. The Morgan fingerprint density at radius 1 is 1.53 bits per heavy atom. The maximum absolute atomic E-state index is 13.5. The highest BCUT2D eigenvalue weighted by Gasteiger charge is 2.34. The zero-order valence-electron chi connectivity index (χ0n) is 9.60. The van der Waals surface area contributed by atoms with Gasteiger partial charge in [-0.05, 0) is 18.2 Å². The van der Waals surface area contributed by atoms with Crippen molar-refractivity contribution in [1.82, 2.24) is 4.90 Å². The molecule has 0 aliphatic carbocycles. The number of hydrogen-bond donors (Lipinski definition) is 2. The van der Waals surface area contributed by atoms with E-state index in [0.29, 0.717) is 5.75 Å². The number of carbonyl (C=O) groups is 2. The molecule has 1 atom stereocenters. The Balaban J connectivity index is 2.12. The van der Waals surface area contributed by atoms with Crippen molar-refractivity contribution in [2.75, 3.05) is 16.9 Å². The van der Waals surface area contributed by atoms with Crippen molar-refractivity contribution in [2.24, 2.45) is 0 Å². The van der Waals surface area contributed by atoms with Crippen LogP contribution in [-0.4, -0.2) is 39.7 Å². The van der Waals surface area contributed by atoms with Crippen molar-refractivity contribution < 1.29 is 19.1 Å². The molecule has 0 bridgehead atoms. The first kappa shape index (κ1) is 14.0. The van der Waals surface area contributed by atoms with E-state index < -0.39 is 23.9 Å². The summed E-state index contributed by atoms with van der Waals surface area (Å²) in [5, 5.41) is 11.6. The fourth-order valence-corrected chi connectivity index (χ4v) is 2.94. The molecule has 0 radical (unpaired) electrons. The third kappa shape index (κ3) is 3.10. The lowest BCUT2D eigenvalue weighted by Gasteiger charge is -2.21. The largest absolute Gasteiger partial charge is 0.480 e. The normalized spacial score (nSPS) is 18.4. The third-order valence-electron chi connectivity index (χ3n) is 2.60. The summed E-state index contributed by atoms with van der Waals surface area (Å²) in [5.41, 5.74) is -0.0708. The second-order valence-corrected chi connectivity index (χ2v) is 5.31. The highest BCUT2D eigenvalue weighted by atomic mass is 35.5. The quantitative estimate of drug-likeness (QED) is 0.880. The molecule has 0 aromatic heterocycles. The maximum Gasteiger partial charge on any atom is 0.327 e. The van der Waals surface area contributed by atoms with E-state index in [1.165, 1.54) is 23.9 Å². The Labute approximate surface area is 117 Å². The average Bonchev–Trinajstić information content (AvgIpc) is 2.83. The van der Waals surface area contributed by atoms with Crippen molar-refractivity contribution in [3.05, 3.63) is 29.0 Å². The highest BCUT2D eigenvalue weighted by molar-refractivity contribution is 7.99. The number of carboxylic acid groups (broad SMARTS) is 1. The first-order valence-corrected chi connectivity index (χ1v) is 6.85. The molecule has 1 aromatic carbocycles. The predicted molar refractivity (Wildman–Crippen MR) is 71.0 cm³/mol. The van der Waals surface area contributed by atoms with Crippen LogP contribution in [0.1, 0.15) is 0 Å². The summed E-state index contributed by atoms with van der Waals surface area (Å²) in [6.45, 7) is 0. The summed E-state index contributed by atoms with van der Waals surface area (Å²) in [7, 11) is 0. The van der Waals surface area contributed by atoms with Crippen LogP contribution in [0.5, 0.6) is 0 Å². The summed E-state index contributed by atoms with van der Waals surface area (Å²) < 4.78 is 13.5. The van der Waals surface area contributed by atoms with Gasteiger partial charge < -0.3 is 15.3 Å². The zero-order valence-corrected chi connectivity index (χ0v) is 11.2. The molecule has 2 N–H and O–H groups in total. The number of benzene rings is 1. The van der Waals surface area contributed by atoms with Crippen LogP contribution in [0.15, 0.2) is 18.2 Å². The van der Waals surface area contributed by atoms with Crippen LogP contribution in [0, 0.1) is 5.82 Å². The fourth-order valence-electron chi connectivity index (χ4n) is 1.63. The topological polar surface area (TPSA) is 69.6 Å². The second kappa shape index (κ2) is 5.66. The van der Waals surface area contributed by atoms with E-state index in [-0.39, 0.29) is 16.6 Å². The zero-order chi connectivity index (χ0) is 14.0. The number of nitrogens with one attached hydrogen (secondary N) is 1. The smallest absolute Gasteiger partial charge is 0.327 e. The van der Waals surface area contributed by atoms with Crippen LogP contribution >= 0.6 is 23.4 Å². The first-order valence-electron chi connectivity index (χ1n) is 5.32. The highest BCUT2D eigenvalue weighted by Crippen LogP contribution is 2.24. The number of thioether (sulfide) groups is 1. The molecular formula is C11H10ClFN2O3S. The molecule has 1 saturated heterocycles. The van der Waals surface area contributed by atoms with E-state index in [0.717, 1.165) is 11.0 Å². The van der Waals surface area contributed by atoms with Gasteiger partial charge in [-0.15, -0.1) is 11.8 Å². The van der Waals surface area contributed by atoms with Crippen molar-refractivity contribution in [3.8, 4) is 0 Å². The number of rotatable bonds is 2. The summed E-state index contributed by atoms with van der Waals surface area (Å²) in [5.74, 6) is -1.13. The number of amides is 2. The lowest BCUT2D eigenvalue weighted by Crippen LogP contribution is -2.44. The van der Waals surface area contributed by atoms with Gasteiger partial charge in [0.25, 0.3) is 0 Å². The minimum Gasteiger partial charge on any atom is -0.480 e. The molecule has 1 aromatic rings. The molecule has 1 aliphatic rings. The van der Waals surface area contributed by atoms with Crippen molar-refractivity contribution in [3.63, 3.8) is 0 Å². The molecule has 5 nitrogen and oxygen atoms in total. The number of hydrogen-bond acceptors (Lipinski definition) is 3. The van der Waals surface area contributed by atoms with Gasteiger partial charge in [-0.3, -0.25) is 0 Å². The fraction of sp³-hybridized carbons (Fsp3) is 0.273. The van der Waals surface area contributed by atoms with E-state index >= 15 is 0 Å². The van der Waals surface area contributed by atoms with E-state index in [4.69, 9.17) is 16.7 Å². The van der Waals surface area contributed by atoms with Gasteiger partial charge in [0.2, 0.25) is 0 Å². The summed E-state index contributed by atoms with van der Waals surface area (Å²) in [4.78, 5) is 24.0. The van der Waals surface area contributed by atoms with Crippen LogP contribution in [-0.2, 0) is 4.79 Å². The molecule has 0 unspecified atom stereocenters. The van der Waals surface area contributed by atoms with E-state index in [1.807, 2.05) is 0 Å². The molecular weight excluding hydrogens is 295 g/mol. The van der Waals surface area contributed by atoms with E-state index in [2.05, 4.69) is 5.32 Å². The lowest BCUT2D eigenvalue weighted by atomic mass is 10.3. The number of carbonyl (C=O) groups excluding carboxylic acids is 1. The molecule has 102 valence electrons. The Morgan fingerprint density at radius 3 is 2.95 bits per heavy atom. The van der Waals surface area contributed by atoms with Gasteiger partial charge in [-0.2, -0.15) is 0 Å².